The lowest BCUT2D eigenvalue weighted by Gasteiger charge is -2.30. The van der Waals surface area contributed by atoms with Crippen LogP contribution in [0.4, 0.5) is 18.9 Å². The normalized spacial score (nSPS) is 20.0. The van der Waals surface area contributed by atoms with Crippen molar-refractivity contribution in [3.05, 3.63) is 28.8 Å². The molecule has 1 saturated heterocycles. The molecule has 0 spiro atoms. The van der Waals surface area contributed by atoms with Gasteiger partial charge in [-0.1, -0.05) is 18.5 Å². The third-order valence-electron chi connectivity index (χ3n) is 3.66. The summed E-state index contributed by atoms with van der Waals surface area (Å²) < 4.78 is 38.3. The Labute approximate surface area is 132 Å². The topological polar surface area (TPSA) is 32.3 Å². The molecule has 0 aromatic heterocycles. The van der Waals surface area contributed by atoms with Crippen LogP contribution in [-0.4, -0.2) is 30.4 Å². The van der Waals surface area contributed by atoms with Crippen LogP contribution in [0.5, 0.6) is 0 Å². The van der Waals surface area contributed by atoms with Crippen molar-refractivity contribution in [1.82, 2.24) is 4.90 Å². The average Bonchev–Trinajstić information content (AvgIpc) is 2.39. The van der Waals surface area contributed by atoms with Crippen molar-refractivity contribution in [1.29, 1.82) is 0 Å². The second-order valence-electron chi connectivity index (χ2n) is 5.72. The number of alkyl halides is 3. The summed E-state index contributed by atoms with van der Waals surface area (Å²) in [5.74, 6) is 0.221. The lowest BCUT2D eigenvalue weighted by atomic mass is 10.0. The number of nitrogens with one attached hydrogen (secondary N) is 1. The van der Waals surface area contributed by atoms with Gasteiger partial charge in [0.1, 0.15) is 0 Å². The molecule has 0 saturated carbocycles. The van der Waals surface area contributed by atoms with E-state index >= 15 is 0 Å². The Kier molecular flexibility index (Phi) is 5.34. The monoisotopic (exact) mass is 334 g/mol. The van der Waals surface area contributed by atoms with Gasteiger partial charge in [0.15, 0.2) is 0 Å². The molecule has 1 aliphatic rings. The maximum Gasteiger partial charge on any atom is 0.417 e. The number of halogens is 4. The van der Waals surface area contributed by atoms with Crippen LogP contribution in [0.15, 0.2) is 18.2 Å². The third kappa shape index (κ3) is 4.61. The molecule has 1 aromatic carbocycles. The minimum atomic E-state index is -4.54. The number of amides is 1. The van der Waals surface area contributed by atoms with Crippen molar-refractivity contribution < 1.29 is 18.0 Å². The van der Waals surface area contributed by atoms with E-state index in [-0.39, 0.29) is 23.2 Å². The van der Waals surface area contributed by atoms with E-state index in [2.05, 4.69) is 12.2 Å². The van der Waals surface area contributed by atoms with Gasteiger partial charge in [-0.15, -0.1) is 0 Å². The summed E-state index contributed by atoms with van der Waals surface area (Å²) in [5, 5.41) is 2.13. The predicted molar refractivity (Wildman–Crippen MR) is 79.9 cm³/mol. The molecule has 1 aromatic rings. The van der Waals surface area contributed by atoms with Crippen LogP contribution in [0.25, 0.3) is 0 Å². The second kappa shape index (κ2) is 6.87. The Bertz CT molecular complexity index is 548. The van der Waals surface area contributed by atoms with E-state index < -0.39 is 11.7 Å². The van der Waals surface area contributed by atoms with Gasteiger partial charge < -0.3 is 5.32 Å². The molecule has 1 aliphatic heterocycles. The minimum Gasteiger partial charge on any atom is -0.325 e. The summed E-state index contributed by atoms with van der Waals surface area (Å²) >= 11 is 5.55. The predicted octanol–water partition coefficient (Wildman–Crippen LogP) is 4.03. The Morgan fingerprint density at radius 1 is 1.45 bits per heavy atom. The number of hydrogen-bond acceptors (Lipinski definition) is 2. The second-order valence-corrected chi connectivity index (χ2v) is 6.13. The van der Waals surface area contributed by atoms with Crippen LogP contribution in [0, 0.1) is 5.92 Å². The van der Waals surface area contributed by atoms with Crippen LogP contribution in [0.3, 0.4) is 0 Å². The zero-order valence-corrected chi connectivity index (χ0v) is 13.0. The molecule has 1 heterocycles. The van der Waals surface area contributed by atoms with Gasteiger partial charge in [0.2, 0.25) is 5.91 Å². The van der Waals surface area contributed by atoms with Crippen molar-refractivity contribution >= 4 is 23.2 Å². The van der Waals surface area contributed by atoms with Crippen molar-refractivity contribution in [2.24, 2.45) is 5.92 Å². The van der Waals surface area contributed by atoms with Crippen molar-refractivity contribution in [3.63, 3.8) is 0 Å². The number of anilines is 1. The zero-order chi connectivity index (χ0) is 16.3. The van der Waals surface area contributed by atoms with Gasteiger partial charge in [0.05, 0.1) is 17.1 Å². The number of likely N-dealkylation sites (tertiary alicyclic amines) is 1. The summed E-state index contributed by atoms with van der Waals surface area (Å²) in [6, 6.07) is 3.37. The van der Waals surface area contributed by atoms with Crippen LogP contribution in [-0.2, 0) is 11.0 Å². The van der Waals surface area contributed by atoms with Gasteiger partial charge in [-0.3, -0.25) is 9.69 Å². The molecule has 0 aliphatic carbocycles. The number of nitrogens with zero attached hydrogens (tertiary/aromatic N) is 1. The fourth-order valence-corrected chi connectivity index (χ4v) is 2.88. The highest BCUT2D eigenvalue weighted by atomic mass is 35.5. The lowest BCUT2D eigenvalue weighted by Crippen LogP contribution is -2.39. The van der Waals surface area contributed by atoms with E-state index in [0.29, 0.717) is 5.92 Å². The highest BCUT2D eigenvalue weighted by Crippen LogP contribution is 2.36. The molecule has 1 fully saturated rings. The summed E-state index contributed by atoms with van der Waals surface area (Å²) in [6.07, 6.45) is -2.36. The molecule has 1 N–H and O–H groups in total. The smallest absolute Gasteiger partial charge is 0.325 e. The Hall–Kier alpha value is -1.27. The highest BCUT2D eigenvalue weighted by Gasteiger charge is 2.33. The summed E-state index contributed by atoms with van der Waals surface area (Å²) in [6.45, 7) is 3.99. The number of rotatable bonds is 3. The third-order valence-corrected chi connectivity index (χ3v) is 3.99. The Morgan fingerprint density at radius 3 is 2.82 bits per heavy atom. The standard InChI is InChI=1S/C15H18ClF3N2O/c1-10-3-2-6-21(8-10)9-14(22)20-11-4-5-13(16)12(7-11)15(17,18)19/h4-5,7,10H,2-3,6,8-9H2,1H3,(H,20,22)/t10-/m1/s1. The Morgan fingerprint density at radius 2 is 2.18 bits per heavy atom. The van der Waals surface area contributed by atoms with Crippen LogP contribution < -0.4 is 5.32 Å². The van der Waals surface area contributed by atoms with Crippen molar-refractivity contribution in [2.45, 2.75) is 25.9 Å². The molecule has 0 radical (unpaired) electrons. The maximum absolute atomic E-state index is 12.8. The fraction of sp³-hybridized carbons (Fsp3) is 0.533. The average molecular weight is 335 g/mol. The van der Waals surface area contributed by atoms with Gasteiger partial charge >= 0.3 is 6.18 Å². The number of carbonyl (C=O) groups is 1. The zero-order valence-electron chi connectivity index (χ0n) is 12.2. The van der Waals surface area contributed by atoms with Gasteiger partial charge in [-0.2, -0.15) is 13.2 Å². The molecule has 0 bridgehead atoms. The van der Waals surface area contributed by atoms with E-state index in [0.717, 1.165) is 38.1 Å². The largest absolute Gasteiger partial charge is 0.417 e. The molecule has 7 heteroatoms. The first-order valence-electron chi connectivity index (χ1n) is 7.14. The number of benzene rings is 1. The molecule has 1 atom stereocenters. The van der Waals surface area contributed by atoms with E-state index in [1.165, 1.54) is 6.07 Å². The maximum atomic E-state index is 12.8. The lowest BCUT2D eigenvalue weighted by molar-refractivity contribution is -0.137. The van der Waals surface area contributed by atoms with E-state index in [9.17, 15) is 18.0 Å². The van der Waals surface area contributed by atoms with Gasteiger partial charge in [0, 0.05) is 12.2 Å². The molecule has 22 heavy (non-hydrogen) atoms. The molecule has 3 nitrogen and oxygen atoms in total. The van der Waals surface area contributed by atoms with Crippen molar-refractivity contribution in [2.75, 3.05) is 25.0 Å². The van der Waals surface area contributed by atoms with Crippen LogP contribution in [0.1, 0.15) is 25.3 Å². The van der Waals surface area contributed by atoms with Gasteiger partial charge in [-0.05, 0) is 43.5 Å². The van der Waals surface area contributed by atoms with E-state index in [4.69, 9.17) is 11.6 Å². The molecule has 0 unspecified atom stereocenters. The molecule has 1 amide bonds. The van der Waals surface area contributed by atoms with Crippen molar-refractivity contribution in [3.8, 4) is 0 Å². The number of hydrogen-bond donors (Lipinski definition) is 1. The van der Waals surface area contributed by atoms with E-state index in [1.54, 1.807) is 0 Å². The number of carbonyl (C=O) groups excluding carboxylic acids is 1. The Balaban J connectivity index is 1.99. The fourth-order valence-electron chi connectivity index (χ4n) is 2.65. The van der Waals surface area contributed by atoms with E-state index in [1.807, 2.05) is 4.90 Å². The number of piperidine rings is 1. The SMILES string of the molecule is C[C@@H]1CCCN(CC(=O)Nc2ccc(Cl)c(C(F)(F)F)c2)C1. The first-order chi connectivity index (χ1) is 10.3. The van der Waals surface area contributed by atoms with Crippen LogP contribution >= 0.6 is 11.6 Å². The van der Waals surface area contributed by atoms with Gasteiger partial charge in [0.25, 0.3) is 0 Å². The summed E-state index contributed by atoms with van der Waals surface area (Å²) in [7, 11) is 0. The first kappa shape index (κ1) is 17.1. The molecule has 122 valence electrons. The molecular weight excluding hydrogens is 317 g/mol. The molecular formula is C15H18ClF3N2O. The summed E-state index contributed by atoms with van der Waals surface area (Å²) in [5.41, 5.74) is -0.842. The van der Waals surface area contributed by atoms with Crippen LogP contribution in [0.2, 0.25) is 5.02 Å². The highest BCUT2D eigenvalue weighted by molar-refractivity contribution is 6.31. The minimum absolute atomic E-state index is 0.104. The first-order valence-corrected chi connectivity index (χ1v) is 7.52. The summed E-state index contributed by atoms with van der Waals surface area (Å²) in [4.78, 5) is 14.0. The van der Waals surface area contributed by atoms with Gasteiger partial charge in [-0.25, -0.2) is 0 Å². The molecule has 2 rings (SSSR count). The quantitative estimate of drug-likeness (QED) is 0.905.